The second-order valence-corrected chi connectivity index (χ2v) is 4.63. The Hall–Kier alpha value is -1.51. The fraction of sp³-hybridized carbons (Fsp3) is 0.500. The molecule has 3 heteroatoms. The molecule has 1 aromatic rings. The largest absolute Gasteiger partial charge is 0.507 e. The fourth-order valence-corrected chi connectivity index (χ4v) is 2.35. The van der Waals surface area contributed by atoms with Gasteiger partial charge in [0.05, 0.1) is 5.56 Å². The third-order valence-electron chi connectivity index (χ3n) is 3.34. The van der Waals surface area contributed by atoms with E-state index < -0.39 is 0 Å². The zero-order chi connectivity index (χ0) is 12.3. The van der Waals surface area contributed by atoms with E-state index in [0.717, 1.165) is 5.69 Å². The minimum Gasteiger partial charge on any atom is -0.507 e. The molecule has 0 atom stereocenters. The summed E-state index contributed by atoms with van der Waals surface area (Å²) in [4.78, 5) is 11.6. The summed E-state index contributed by atoms with van der Waals surface area (Å²) in [7, 11) is 0. The van der Waals surface area contributed by atoms with Crippen molar-refractivity contribution < 1.29 is 9.90 Å². The van der Waals surface area contributed by atoms with Gasteiger partial charge >= 0.3 is 0 Å². The van der Waals surface area contributed by atoms with Gasteiger partial charge in [0.1, 0.15) is 5.75 Å². The van der Waals surface area contributed by atoms with Gasteiger partial charge in [-0.25, -0.2) is 0 Å². The smallest absolute Gasteiger partial charge is 0.166 e. The minimum atomic E-state index is -0.0161. The Bertz CT molecular complexity index is 409. The molecule has 0 unspecified atom stereocenters. The zero-order valence-corrected chi connectivity index (χ0v) is 10.2. The average molecular weight is 233 g/mol. The predicted octanol–water partition coefficient (Wildman–Crippen LogP) is 3.34. The zero-order valence-electron chi connectivity index (χ0n) is 10.2. The van der Waals surface area contributed by atoms with Crippen LogP contribution in [0.25, 0.3) is 0 Å². The summed E-state index contributed by atoms with van der Waals surface area (Å²) in [6.07, 6.45) is 5.35. The third-order valence-corrected chi connectivity index (χ3v) is 3.34. The number of carbonyl (C=O) groups excluding carboxylic acids is 1. The van der Waals surface area contributed by atoms with Crippen LogP contribution in [0, 0.1) is 0 Å². The molecule has 0 radical (unpaired) electrons. The lowest BCUT2D eigenvalue weighted by molar-refractivity contribution is 0.0985. The van der Waals surface area contributed by atoms with Gasteiger partial charge in [0.15, 0.2) is 5.78 Å². The molecule has 1 aliphatic rings. The standard InChI is InChI=1S/C14H19NO2/c1-2-13(16)12-9-11(7-8-14(12)17)15-10-5-3-4-6-10/h7-10,15,17H,2-6H2,1H3. The molecule has 92 valence electrons. The Balaban J connectivity index is 2.15. The first-order chi connectivity index (χ1) is 8.20. The summed E-state index contributed by atoms with van der Waals surface area (Å²) >= 11 is 0. The van der Waals surface area contributed by atoms with E-state index in [4.69, 9.17) is 0 Å². The molecule has 17 heavy (non-hydrogen) atoms. The van der Waals surface area contributed by atoms with Crippen molar-refractivity contribution in [2.24, 2.45) is 0 Å². The van der Waals surface area contributed by atoms with E-state index >= 15 is 0 Å². The minimum absolute atomic E-state index is 0.0161. The van der Waals surface area contributed by atoms with Crippen molar-refractivity contribution in [3.8, 4) is 5.75 Å². The van der Waals surface area contributed by atoms with Crippen LogP contribution < -0.4 is 5.32 Å². The summed E-state index contributed by atoms with van der Waals surface area (Å²) in [5.41, 5.74) is 1.36. The van der Waals surface area contributed by atoms with Crippen LogP contribution in [0.2, 0.25) is 0 Å². The number of hydrogen-bond acceptors (Lipinski definition) is 3. The van der Waals surface area contributed by atoms with Gasteiger partial charge in [0.25, 0.3) is 0 Å². The number of hydrogen-bond donors (Lipinski definition) is 2. The average Bonchev–Trinajstić information content (AvgIpc) is 2.83. The van der Waals surface area contributed by atoms with E-state index in [1.54, 1.807) is 19.1 Å². The first-order valence-corrected chi connectivity index (χ1v) is 6.33. The molecule has 1 aromatic carbocycles. The van der Waals surface area contributed by atoms with Gasteiger partial charge in [0, 0.05) is 18.2 Å². The number of phenols is 1. The van der Waals surface area contributed by atoms with Crippen LogP contribution in [0.1, 0.15) is 49.4 Å². The second-order valence-electron chi connectivity index (χ2n) is 4.63. The normalized spacial score (nSPS) is 16.1. The maximum atomic E-state index is 11.6. The van der Waals surface area contributed by atoms with Crippen molar-refractivity contribution in [3.05, 3.63) is 23.8 Å². The quantitative estimate of drug-likeness (QED) is 0.619. The van der Waals surface area contributed by atoms with Crippen molar-refractivity contribution in [1.29, 1.82) is 0 Å². The van der Waals surface area contributed by atoms with Crippen molar-refractivity contribution in [2.75, 3.05) is 5.32 Å². The molecule has 0 saturated heterocycles. The van der Waals surface area contributed by atoms with Gasteiger partial charge in [-0.15, -0.1) is 0 Å². The van der Waals surface area contributed by atoms with E-state index in [1.165, 1.54) is 25.7 Å². The lowest BCUT2D eigenvalue weighted by Gasteiger charge is -2.14. The summed E-state index contributed by atoms with van der Waals surface area (Å²) in [5, 5.41) is 13.1. The van der Waals surface area contributed by atoms with Gasteiger partial charge in [-0.2, -0.15) is 0 Å². The van der Waals surface area contributed by atoms with Crippen molar-refractivity contribution >= 4 is 11.5 Å². The number of phenolic OH excluding ortho intramolecular Hbond substituents is 1. The number of aromatic hydroxyl groups is 1. The molecule has 2 N–H and O–H groups in total. The molecule has 0 aliphatic heterocycles. The number of nitrogens with one attached hydrogen (secondary N) is 1. The molecule has 1 fully saturated rings. The molecule has 0 aromatic heterocycles. The summed E-state index contributed by atoms with van der Waals surface area (Å²) in [6.45, 7) is 1.80. The summed E-state index contributed by atoms with van der Waals surface area (Å²) in [6, 6.07) is 5.71. The highest BCUT2D eigenvalue weighted by Gasteiger charge is 2.16. The monoisotopic (exact) mass is 233 g/mol. The molecular formula is C14H19NO2. The van der Waals surface area contributed by atoms with Gasteiger partial charge in [-0.3, -0.25) is 4.79 Å². The number of rotatable bonds is 4. The number of anilines is 1. The fourth-order valence-electron chi connectivity index (χ4n) is 2.35. The first kappa shape index (κ1) is 12.0. The first-order valence-electron chi connectivity index (χ1n) is 6.33. The number of benzene rings is 1. The SMILES string of the molecule is CCC(=O)c1cc(NC2CCCC2)ccc1O. The molecule has 1 saturated carbocycles. The maximum Gasteiger partial charge on any atom is 0.166 e. The van der Waals surface area contributed by atoms with Crippen LogP contribution in [0.5, 0.6) is 5.75 Å². The van der Waals surface area contributed by atoms with Crippen LogP contribution in [0.4, 0.5) is 5.69 Å². The van der Waals surface area contributed by atoms with Gasteiger partial charge in [-0.1, -0.05) is 19.8 Å². The lowest BCUT2D eigenvalue weighted by atomic mass is 10.1. The maximum absolute atomic E-state index is 11.6. The number of Topliss-reactive ketones (excluding diaryl/α,β-unsaturated/α-hetero) is 1. The van der Waals surface area contributed by atoms with Gasteiger partial charge in [-0.05, 0) is 31.0 Å². The molecule has 2 rings (SSSR count). The van der Waals surface area contributed by atoms with E-state index in [1.807, 2.05) is 6.07 Å². The highest BCUT2D eigenvalue weighted by molar-refractivity contribution is 5.99. The Morgan fingerprint density at radius 3 is 2.76 bits per heavy atom. The van der Waals surface area contributed by atoms with E-state index in [-0.39, 0.29) is 11.5 Å². The Kier molecular flexibility index (Phi) is 3.67. The molecule has 1 aliphatic carbocycles. The number of carbonyl (C=O) groups is 1. The van der Waals surface area contributed by atoms with Crippen molar-refractivity contribution in [1.82, 2.24) is 0 Å². The number of ketones is 1. The van der Waals surface area contributed by atoms with Crippen molar-refractivity contribution in [3.63, 3.8) is 0 Å². The summed E-state index contributed by atoms with van der Waals surface area (Å²) < 4.78 is 0. The Morgan fingerprint density at radius 1 is 1.41 bits per heavy atom. The topological polar surface area (TPSA) is 49.3 Å². The van der Waals surface area contributed by atoms with Crippen molar-refractivity contribution in [2.45, 2.75) is 45.1 Å². The van der Waals surface area contributed by atoms with E-state index in [9.17, 15) is 9.90 Å². The van der Waals surface area contributed by atoms with Crippen LogP contribution in [0.3, 0.4) is 0 Å². The molecular weight excluding hydrogens is 214 g/mol. The van der Waals surface area contributed by atoms with E-state index in [0.29, 0.717) is 18.0 Å². The van der Waals surface area contributed by atoms with Gasteiger partial charge < -0.3 is 10.4 Å². The Morgan fingerprint density at radius 2 is 2.12 bits per heavy atom. The third kappa shape index (κ3) is 2.78. The van der Waals surface area contributed by atoms with Crippen LogP contribution in [-0.2, 0) is 0 Å². The van der Waals surface area contributed by atoms with Gasteiger partial charge in [0.2, 0.25) is 0 Å². The highest BCUT2D eigenvalue weighted by atomic mass is 16.3. The van der Waals surface area contributed by atoms with E-state index in [2.05, 4.69) is 5.32 Å². The summed E-state index contributed by atoms with van der Waals surface area (Å²) in [5.74, 6) is 0.0615. The molecule has 0 spiro atoms. The van der Waals surface area contributed by atoms with Crippen LogP contribution >= 0.6 is 0 Å². The second kappa shape index (κ2) is 5.21. The molecule has 3 nitrogen and oxygen atoms in total. The molecule has 0 heterocycles. The highest BCUT2D eigenvalue weighted by Crippen LogP contribution is 2.26. The van der Waals surface area contributed by atoms with Crippen LogP contribution in [0.15, 0.2) is 18.2 Å². The Labute approximate surface area is 102 Å². The molecule has 0 bridgehead atoms. The molecule has 0 amide bonds. The van der Waals surface area contributed by atoms with Crippen LogP contribution in [-0.4, -0.2) is 16.9 Å². The predicted molar refractivity (Wildman–Crippen MR) is 68.6 cm³/mol. The lowest BCUT2D eigenvalue weighted by Crippen LogP contribution is -2.14.